The maximum Gasteiger partial charge on any atom is 0.289 e. The molecule has 0 spiro atoms. The van der Waals surface area contributed by atoms with Crippen molar-refractivity contribution < 1.29 is 0 Å². The van der Waals surface area contributed by atoms with Gasteiger partial charge in [-0.1, -0.05) is 20.8 Å². The van der Waals surface area contributed by atoms with Gasteiger partial charge in [-0.3, -0.25) is 4.79 Å². The van der Waals surface area contributed by atoms with Gasteiger partial charge in [0.05, 0.1) is 6.20 Å². The lowest BCUT2D eigenvalue weighted by molar-refractivity contribution is 0.410. The summed E-state index contributed by atoms with van der Waals surface area (Å²) >= 11 is 0. The summed E-state index contributed by atoms with van der Waals surface area (Å²) in [6.07, 6.45) is 2.43. The van der Waals surface area contributed by atoms with Crippen LogP contribution < -0.4 is 11.3 Å². The second kappa shape index (κ2) is 3.44. The Bertz CT molecular complexity index is 387. The van der Waals surface area contributed by atoms with Crippen LogP contribution in [0.5, 0.6) is 0 Å². The second-order valence-corrected chi connectivity index (χ2v) is 4.75. The molecular weight excluding hydrogens is 178 g/mol. The van der Waals surface area contributed by atoms with Crippen molar-refractivity contribution in [3.63, 3.8) is 0 Å². The SMILES string of the molecule is Cn1ncc(CC(C)(C)C)c(N)c1=O. The van der Waals surface area contributed by atoms with E-state index in [0.717, 1.165) is 12.0 Å². The first-order valence-electron chi connectivity index (χ1n) is 4.62. The third-order valence-electron chi connectivity index (χ3n) is 1.98. The Morgan fingerprint density at radius 1 is 1.50 bits per heavy atom. The Morgan fingerprint density at radius 2 is 2.07 bits per heavy atom. The number of nitrogens with zero attached hydrogens (tertiary/aromatic N) is 2. The minimum absolute atomic E-state index is 0.113. The molecule has 4 nitrogen and oxygen atoms in total. The molecule has 2 N–H and O–H groups in total. The summed E-state index contributed by atoms with van der Waals surface area (Å²) in [6.45, 7) is 6.30. The van der Waals surface area contributed by atoms with Crippen LogP contribution in [0.25, 0.3) is 0 Å². The van der Waals surface area contributed by atoms with Gasteiger partial charge in [-0.2, -0.15) is 5.10 Å². The van der Waals surface area contributed by atoms with Gasteiger partial charge in [0.15, 0.2) is 0 Å². The first-order chi connectivity index (χ1) is 6.31. The molecule has 0 atom stereocenters. The highest BCUT2D eigenvalue weighted by atomic mass is 16.1. The van der Waals surface area contributed by atoms with Gasteiger partial charge in [0, 0.05) is 12.6 Å². The molecule has 14 heavy (non-hydrogen) atoms. The van der Waals surface area contributed by atoms with Gasteiger partial charge in [0.25, 0.3) is 5.56 Å². The van der Waals surface area contributed by atoms with Crippen molar-refractivity contribution in [1.29, 1.82) is 0 Å². The van der Waals surface area contributed by atoms with E-state index in [1.165, 1.54) is 4.68 Å². The van der Waals surface area contributed by atoms with Crippen LogP contribution in [0.1, 0.15) is 26.3 Å². The van der Waals surface area contributed by atoms with Crippen LogP contribution in [-0.4, -0.2) is 9.78 Å². The predicted octanol–water partition coefficient (Wildman–Crippen LogP) is 0.951. The topological polar surface area (TPSA) is 60.9 Å². The summed E-state index contributed by atoms with van der Waals surface area (Å²) in [5.41, 5.74) is 6.77. The van der Waals surface area contributed by atoms with Crippen molar-refractivity contribution in [2.45, 2.75) is 27.2 Å². The average Bonchev–Trinajstić information content (AvgIpc) is 2.04. The highest BCUT2D eigenvalue weighted by molar-refractivity contribution is 5.43. The maximum atomic E-state index is 11.5. The molecule has 0 aliphatic heterocycles. The lowest BCUT2D eigenvalue weighted by atomic mass is 9.88. The molecule has 1 rings (SSSR count). The Labute approximate surface area is 83.7 Å². The van der Waals surface area contributed by atoms with Crippen molar-refractivity contribution in [3.05, 3.63) is 22.1 Å². The minimum Gasteiger partial charge on any atom is -0.394 e. The lowest BCUT2D eigenvalue weighted by Gasteiger charge is -2.18. The number of hydrogen-bond acceptors (Lipinski definition) is 3. The van der Waals surface area contributed by atoms with Gasteiger partial charge >= 0.3 is 0 Å². The molecule has 0 amide bonds. The molecule has 0 fully saturated rings. The number of anilines is 1. The zero-order chi connectivity index (χ0) is 10.9. The molecule has 1 aromatic heterocycles. The first kappa shape index (κ1) is 10.8. The van der Waals surface area contributed by atoms with Gasteiger partial charge in [-0.05, 0) is 11.8 Å². The number of nitrogen functional groups attached to an aromatic ring is 1. The smallest absolute Gasteiger partial charge is 0.289 e. The van der Waals surface area contributed by atoms with Gasteiger partial charge < -0.3 is 5.73 Å². The van der Waals surface area contributed by atoms with Crippen LogP contribution in [0.4, 0.5) is 5.69 Å². The maximum absolute atomic E-state index is 11.5. The van der Waals surface area contributed by atoms with E-state index in [1.54, 1.807) is 13.2 Å². The van der Waals surface area contributed by atoms with Crippen molar-refractivity contribution in [2.24, 2.45) is 12.5 Å². The van der Waals surface area contributed by atoms with Crippen LogP contribution in [-0.2, 0) is 13.5 Å². The van der Waals surface area contributed by atoms with E-state index in [4.69, 9.17) is 5.73 Å². The molecule has 0 unspecified atom stereocenters. The van der Waals surface area contributed by atoms with E-state index in [0.29, 0.717) is 5.69 Å². The van der Waals surface area contributed by atoms with Gasteiger partial charge in [-0.15, -0.1) is 0 Å². The van der Waals surface area contributed by atoms with E-state index in [1.807, 2.05) is 0 Å². The number of nitrogens with two attached hydrogens (primary N) is 1. The first-order valence-corrected chi connectivity index (χ1v) is 4.62. The number of aromatic nitrogens is 2. The Balaban J connectivity index is 3.13. The van der Waals surface area contributed by atoms with E-state index in [9.17, 15) is 4.79 Å². The molecule has 0 radical (unpaired) electrons. The molecule has 0 aliphatic rings. The van der Waals surface area contributed by atoms with E-state index in [2.05, 4.69) is 25.9 Å². The third kappa shape index (κ3) is 2.34. The minimum atomic E-state index is -0.216. The normalized spacial score (nSPS) is 11.7. The fourth-order valence-corrected chi connectivity index (χ4v) is 1.30. The summed E-state index contributed by atoms with van der Waals surface area (Å²) in [6, 6.07) is 0. The fourth-order valence-electron chi connectivity index (χ4n) is 1.30. The predicted molar refractivity (Wildman–Crippen MR) is 57.0 cm³/mol. The number of hydrogen-bond donors (Lipinski definition) is 1. The van der Waals surface area contributed by atoms with Gasteiger partial charge in [-0.25, -0.2) is 4.68 Å². The highest BCUT2D eigenvalue weighted by Gasteiger charge is 2.15. The summed E-state index contributed by atoms with van der Waals surface area (Å²) < 4.78 is 1.25. The Morgan fingerprint density at radius 3 is 2.57 bits per heavy atom. The van der Waals surface area contributed by atoms with Crippen LogP contribution in [0, 0.1) is 5.41 Å². The Kier molecular flexibility index (Phi) is 2.64. The molecule has 0 saturated heterocycles. The molecule has 1 aromatic rings. The Hall–Kier alpha value is -1.32. The zero-order valence-electron chi connectivity index (χ0n) is 9.16. The number of rotatable bonds is 1. The molecule has 0 bridgehead atoms. The van der Waals surface area contributed by atoms with Crippen LogP contribution >= 0.6 is 0 Å². The summed E-state index contributed by atoms with van der Waals surface area (Å²) in [7, 11) is 1.60. The van der Waals surface area contributed by atoms with Crippen molar-refractivity contribution in [3.8, 4) is 0 Å². The van der Waals surface area contributed by atoms with Crippen molar-refractivity contribution in [2.75, 3.05) is 5.73 Å². The summed E-state index contributed by atoms with van der Waals surface area (Å²) in [5.74, 6) is 0. The molecule has 0 aliphatic carbocycles. The van der Waals surface area contributed by atoms with Gasteiger partial charge in [0.2, 0.25) is 0 Å². The van der Waals surface area contributed by atoms with E-state index in [-0.39, 0.29) is 11.0 Å². The standard InChI is InChI=1S/C10H17N3O/c1-10(2,3)5-7-6-12-13(4)9(14)8(7)11/h6H,5,11H2,1-4H3. The number of aryl methyl sites for hydroxylation is 1. The van der Waals surface area contributed by atoms with E-state index < -0.39 is 0 Å². The van der Waals surface area contributed by atoms with Crippen LogP contribution in [0.15, 0.2) is 11.0 Å². The quantitative estimate of drug-likeness (QED) is 0.725. The highest BCUT2D eigenvalue weighted by Crippen LogP contribution is 2.21. The zero-order valence-corrected chi connectivity index (χ0v) is 9.16. The summed E-state index contributed by atoms with van der Waals surface area (Å²) in [5, 5.41) is 3.95. The van der Waals surface area contributed by atoms with Crippen molar-refractivity contribution in [1.82, 2.24) is 9.78 Å². The van der Waals surface area contributed by atoms with E-state index >= 15 is 0 Å². The third-order valence-corrected chi connectivity index (χ3v) is 1.98. The molecule has 4 heteroatoms. The molecule has 78 valence electrons. The van der Waals surface area contributed by atoms with Gasteiger partial charge in [0.1, 0.15) is 5.69 Å². The molecule has 1 heterocycles. The average molecular weight is 195 g/mol. The fraction of sp³-hybridized carbons (Fsp3) is 0.600. The molecule has 0 aromatic carbocycles. The summed E-state index contributed by atoms with van der Waals surface area (Å²) in [4.78, 5) is 11.5. The second-order valence-electron chi connectivity index (χ2n) is 4.75. The molecule has 0 saturated carbocycles. The van der Waals surface area contributed by atoms with Crippen molar-refractivity contribution >= 4 is 5.69 Å². The monoisotopic (exact) mass is 195 g/mol. The largest absolute Gasteiger partial charge is 0.394 e. The van der Waals surface area contributed by atoms with Crippen LogP contribution in [0.2, 0.25) is 0 Å². The van der Waals surface area contributed by atoms with Crippen LogP contribution in [0.3, 0.4) is 0 Å². The lowest BCUT2D eigenvalue weighted by Crippen LogP contribution is -2.25. The molecular formula is C10H17N3O.